The molecule has 8 heteroatoms. The van der Waals surface area contributed by atoms with E-state index in [4.69, 9.17) is 16.3 Å². The van der Waals surface area contributed by atoms with Gasteiger partial charge in [0, 0.05) is 55.8 Å². The summed E-state index contributed by atoms with van der Waals surface area (Å²) >= 11 is 6.16. The first-order chi connectivity index (χ1) is 12.5. The van der Waals surface area contributed by atoms with Crippen LogP contribution in [0.5, 0.6) is 0 Å². The fourth-order valence-corrected chi connectivity index (χ4v) is 3.62. The van der Waals surface area contributed by atoms with E-state index in [-0.39, 0.29) is 23.9 Å². The van der Waals surface area contributed by atoms with E-state index in [0.29, 0.717) is 43.4 Å². The van der Waals surface area contributed by atoms with Gasteiger partial charge in [-0.05, 0) is 25.5 Å². The zero-order valence-corrected chi connectivity index (χ0v) is 15.8. The number of guanidine groups is 1. The van der Waals surface area contributed by atoms with E-state index in [0.717, 1.165) is 12.4 Å². The quantitative estimate of drug-likeness (QED) is 0.645. The second-order valence-electron chi connectivity index (χ2n) is 6.45. The van der Waals surface area contributed by atoms with Gasteiger partial charge in [0.05, 0.1) is 6.61 Å². The Bertz CT molecular complexity index is 672. The molecule has 142 valence electrons. The summed E-state index contributed by atoms with van der Waals surface area (Å²) in [5.74, 6) is 0.569. The number of hydrogen-bond donors (Lipinski definition) is 1. The molecule has 1 aromatic carbocycles. The number of amides is 1. The molecule has 1 N–H and O–H groups in total. The van der Waals surface area contributed by atoms with Crippen molar-refractivity contribution in [2.24, 2.45) is 4.99 Å². The molecule has 3 rings (SSSR count). The van der Waals surface area contributed by atoms with Crippen LogP contribution in [-0.4, -0.2) is 67.7 Å². The molecular weight excluding hydrogens is 359 g/mol. The largest absolute Gasteiger partial charge is 0.450 e. The van der Waals surface area contributed by atoms with Gasteiger partial charge in [-0.15, -0.1) is 0 Å². The average Bonchev–Trinajstić information content (AvgIpc) is 3.38. The number of benzene rings is 1. The maximum atomic E-state index is 14.1. The molecular formula is C18H24ClFN4O2. The normalized spacial score (nSPS) is 23.0. The van der Waals surface area contributed by atoms with Crippen LogP contribution in [0, 0.1) is 5.82 Å². The van der Waals surface area contributed by atoms with Crippen LogP contribution in [0.4, 0.5) is 9.18 Å². The number of halogens is 2. The van der Waals surface area contributed by atoms with Crippen molar-refractivity contribution in [1.82, 2.24) is 15.1 Å². The van der Waals surface area contributed by atoms with Gasteiger partial charge in [-0.1, -0.05) is 17.7 Å². The maximum absolute atomic E-state index is 14.1. The first-order valence-corrected chi connectivity index (χ1v) is 9.26. The van der Waals surface area contributed by atoms with E-state index >= 15 is 0 Å². The molecule has 1 aliphatic carbocycles. The first kappa shape index (κ1) is 18.8. The smallest absolute Gasteiger partial charge is 0.409 e. The summed E-state index contributed by atoms with van der Waals surface area (Å²) in [6.07, 6.45) is 0.550. The fourth-order valence-electron chi connectivity index (χ4n) is 3.32. The van der Waals surface area contributed by atoms with Crippen LogP contribution in [0.2, 0.25) is 5.02 Å². The third-order valence-corrected chi connectivity index (χ3v) is 5.12. The zero-order chi connectivity index (χ0) is 18.7. The highest BCUT2D eigenvalue weighted by Gasteiger charge is 2.42. The number of piperazine rings is 1. The molecule has 0 radical (unpaired) electrons. The molecule has 0 aromatic heterocycles. The van der Waals surface area contributed by atoms with Gasteiger partial charge >= 0.3 is 6.09 Å². The molecule has 26 heavy (non-hydrogen) atoms. The lowest BCUT2D eigenvalue weighted by molar-refractivity contribution is 0.0914. The van der Waals surface area contributed by atoms with Crippen LogP contribution >= 0.6 is 11.6 Å². The van der Waals surface area contributed by atoms with Crippen molar-refractivity contribution in [2.75, 3.05) is 39.8 Å². The van der Waals surface area contributed by atoms with E-state index in [1.54, 1.807) is 31.0 Å². The molecule has 1 amide bonds. The SMILES string of the molecule is CCOC(=O)N1CCN(C(=NC)NC2CC2c2c(F)cccc2Cl)CC1. The molecule has 1 aromatic rings. The molecule has 2 fully saturated rings. The van der Waals surface area contributed by atoms with E-state index in [2.05, 4.69) is 15.2 Å². The Kier molecular flexibility index (Phi) is 5.86. The number of hydrogen-bond acceptors (Lipinski definition) is 3. The Morgan fingerprint density at radius 1 is 1.35 bits per heavy atom. The average molecular weight is 383 g/mol. The minimum absolute atomic E-state index is 0.0567. The molecule has 1 saturated heterocycles. The highest BCUT2D eigenvalue weighted by molar-refractivity contribution is 6.31. The van der Waals surface area contributed by atoms with Crippen LogP contribution in [0.15, 0.2) is 23.2 Å². The maximum Gasteiger partial charge on any atom is 0.409 e. The number of carbonyl (C=O) groups is 1. The van der Waals surface area contributed by atoms with Gasteiger partial charge in [0.2, 0.25) is 0 Å². The highest BCUT2D eigenvalue weighted by Crippen LogP contribution is 2.44. The molecule has 2 aliphatic rings. The number of aliphatic imine (C=N–C) groups is 1. The Morgan fingerprint density at radius 3 is 2.65 bits per heavy atom. The first-order valence-electron chi connectivity index (χ1n) is 8.89. The van der Waals surface area contributed by atoms with Crippen LogP contribution in [0.3, 0.4) is 0 Å². The molecule has 1 saturated carbocycles. The van der Waals surface area contributed by atoms with E-state index in [9.17, 15) is 9.18 Å². The summed E-state index contributed by atoms with van der Waals surface area (Å²) < 4.78 is 19.1. The number of nitrogens with one attached hydrogen (secondary N) is 1. The van der Waals surface area contributed by atoms with Gasteiger partial charge in [0.25, 0.3) is 0 Å². The van der Waals surface area contributed by atoms with Gasteiger partial charge in [0.15, 0.2) is 5.96 Å². The molecule has 1 aliphatic heterocycles. The fraction of sp³-hybridized carbons (Fsp3) is 0.556. The summed E-state index contributed by atoms with van der Waals surface area (Å²) in [5.41, 5.74) is 0.578. The van der Waals surface area contributed by atoms with E-state index in [1.165, 1.54) is 6.07 Å². The number of ether oxygens (including phenoxy) is 1. The Morgan fingerprint density at radius 2 is 2.04 bits per heavy atom. The number of rotatable bonds is 3. The van der Waals surface area contributed by atoms with Crippen molar-refractivity contribution in [1.29, 1.82) is 0 Å². The van der Waals surface area contributed by atoms with Gasteiger partial charge in [-0.2, -0.15) is 0 Å². The lowest BCUT2D eigenvalue weighted by atomic mass is 10.1. The third kappa shape index (κ3) is 4.03. The van der Waals surface area contributed by atoms with Crippen molar-refractivity contribution in [2.45, 2.75) is 25.3 Å². The molecule has 0 bridgehead atoms. The van der Waals surface area contributed by atoms with Gasteiger partial charge < -0.3 is 19.9 Å². The Balaban J connectivity index is 1.55. The van der Waals surface area contributed by atoms with Crippen LogP contribution in [-0.2, 0) is 4.74 Å². The summed E-state index contributed by atoms with van der Waals surface area (Å²) in [5, 5.41) is 3.87. The molecule has 1 heterocycles. The van der Waals surface area contributed by atoms with Crippen molar-refractivity contribution in [3.05, 3.63) is 34.6 Å². The van der Waals surface area contributed by atoms with Crippen LogP contribution < -0.4 is 5.32 Å². The molecule has 6 nitrogen and oxygen atoms in total. The lowest BCUT2D eigenvalue weighted by Crippen LogP contribution is -2.54. The monoisotopic (exact) mass is 382 g/mol. The van der Waals surface area contributed by atoms with Crippen molar-refractivity contribution < 1.29 is 13.9 Å². The van der Waals surface area contributed by atoms with E-state index in [1.807, 2.05) is 0 Å². The van der Waals surface area contributed by atoms with Gasteiger partial charge in [-0.25, -0.2) is 9.18 Å². The minimum Gasteiger partial charge on any atom is -0.450 e. The standard InChI is InChI=1S/C18H24ClFN4O2/c1-3-26-18(25)24-9-7-23(8-10-24)17(21-2)22-15-11-12(15)16-13(19)5-4-6-14(16)20/h4-6,12,15H,3,7-11H2,1-2H3,(H,21,22). The molecule has 2 unspecified atom stereocenters. The summed E-state index contributed by atoms with van der Waals surface area (Å²) in [6, 6.07) is 4.90. The Labute approximate surface area is 158 Å². The second-order valence-corrected chi connectivity index (χ2v) is 6.86. The second kappa shape index (κ2) is 8.12. The highest BCUT2D eigenvalue weighted by atomic mass is 35.5. The van der Waals surface area contributed by atoms with Crippen LogP contribution in [0.1, 0.15) is 24.8 Å². The summed E-state index contributed by atoms with van der Waals surface area (Å²) in [4.78, 5) is 19.9. The van der Waals surface area contributed by atoms with Gasteiger partial charge in [0.1, 0.15) is 5.82 Å². The predicted molar refractivity (Wildman–Crippen MR) is 99.2 cm³/mol. The third-order valence-electron chi connectivity index (χ3n) is 4.79. The summed E-state index contributed by atoms with van der Waals surface area (Å²) in [6.45, 7) is 4.71. The number of nitrogens with zero attached hydrogens (tertiary/aromatic N) is 3. The minimum atomic E-state index is -0.272. The Hall–Kier alpha value is -2.02. The molecule has 2 atom stereocenters. The summed E-state index contributed by atoms with van der Waals surface area (Å²) in [7, 11) is 1.73. The number of carbonyl (C=O) groups excluding carboxylic acids is 1. The molecule has 0 spiro atoms. The van der Waals surface area contributed by atoms with Crippen molar-refractivity contribution in [3.8, 4) is 0 Å². The van der Waals surface area contributed by atoms with Crippen molar-refractivity contribution >= 4 is 23.7 Å². The van der Waals surface area contributed by atoms with Crippen LogP contribution in [0.25, 0.3) is 0 Å². The van der Waals surface area contributed by atoms with E-state index < -0.39 is 0 Å². The lowest BCUT2D eigenvalue weighted by Gasteiger charge is -2.36. The van der Waals surface area contributed by atoms with Crippen molar-refractivity contribution in [3.63, 3.8) is 0 Å². The predicted octanol–water partition coefficient (Wildman–Crippen LogP) is 2.68. The topological polar surface area (TPSA) is 57.2 Å². The van der Waals surface area contributed by atoms with Gasteiger partial charge in [-0.3, -0.25) is 4.99 Å². The zero-order valence-electron chi connectivity index (χ0n) is 15.0.